The second-order valence-corrected chi connectivity index (χ2v) is 5.44. The summed E-state index contributed by atoms with van der Waals surface area (Å²) < 4.78 is 5.11. The van der Waals surface area contributed by atoms with Gasteiger partial charge in [0.1, 0.15) is 11.6 Å². The molecule has 0 aromatic rings. The Kier molecular flexibility index (Phi) is 5.99. The van der Waals surface area contributed by atoms with Crippen molar-refractivity contribution in [3.05, 3.63) is 0 Å². The van der Waals surface area contributed by atoms with Crippen molar-refractivity contribution in [2.75, 3.05) is 7.05 Å². The molecule has 0 rings (SSSR count). The van der Waals surface area contributed by atoms with Gasteiger partial charge in [0.05, 0.1) is 0 Å². The predicted octanol–water partition coefficient (Wildman–Crippen LogP) is 1.67. The van der Waals surface area contributed by atoms with Gasteiger partial charge in [0.25, 0.3) is 0 Å². The topological polar surface area (TPSA) is 67.4 Å². The van der Waals surface area contributed by atoms with Crippen LogP contribution in [0.15, 0.2) is 0 Å². The minimum Gasteiger partial charge on any atom is -0.444 e. The lowest BCUT2D eigenvalue weighted by Gasteiger charge is -2.23. The zero-order chi connectivity index (χ0) is 13.6. The van der Waals surface area contributed by atoms with Crippen molar-refractivity contribution < 1.29 is 14.3 Å². The third kappa shape index (κ3) is 7.60. The molecule has 0 fully saturated rings. The molecule has 0 aromatic carbocycles. The second kappa shape index (κ2) is 6.47. The lowest BCUT2D eigenvalue weighted by molar-refractivity contribution is -0.123. The van der Waals surface area contributed by atoms with Crippen LogP contribution in [0.4, 0.5) is 4.79 Å². The van der Waals surface area contributed by atoms with E-state index < -0.39 is 17.7 Å². The number of hydrogen-bond acceptors (Lipinski definition) is 3. The molecule has 100 valence electrons. The Morgan fingerprint density at radius 2 is 1.76 bits per heavy atom. The van der Waals surface area contributed by atoms with Gasteiger partial charge in [-0.3, -0.25) is 4.79 Å². The fraction of sp³-hybridized carbons (Fsp3) is 0.833. The molecule has 0 unspecified atom stereocenters. The van der Waals surface area contributed by atoms with E-state index in [-0.39, 0.29) is 5.91 Å². The van der Waals surface area contributed by atoms with E-state index in [4.69, 9.17) is 4.74 Å². The van der Waals surface area contributed by atoms with Crippen molar-refractivity contribution in [3.8, 4) is 0 Å². The lowest BCUT2D eigenvalue weighted by Crippen LogP contribution is -2.47. The van der Waals surface area contributed by atoms with E-state index in [1.807, 2.05) is 13.8 Å². The minimum absolute atomic E-state index is 0.204. The highest BCUT2D eigenvalue weighted by molar-refractivity contribution is 5.85. The van der Waals surface area contributed by atoms with Crippen molar-refractivity contribution >= 4 is 12.0 Å². The zero-order valence-corrected chi connectivity index (χ0v) is 11.6. The van der Waals surface area contributed by atoms with Gasteiger partial charge in [0.15, 0.2) is 0 Å². The average Bonchev–Trinajstić information content (AvgIpc) is 2.11. The van der Waals surface area contributed by atoms with Gasteiger partial charge in [0.2, 0.25) is 5.91 Å². The van der Waals surface area contributed by atoms with Gasteiger partial charge < -0.3 is 15.4 Å². The number of likely N-dealkylation sites (N-methyl/N-ethyl adjacent to an activating group) is 1. The highest BCUT2D eigenvalue weighted by atomic mass is 16.6. The largest absolute Gasteiger partial charge is 0.444 e. The Morgan fingerprint density at radius 3 is 2.12 bits per heavy atom. The van der Waals surface area contributed by atoms with Crippen LogP contribution >= 0.6 is 0 Å². The Labute approximate surface area is 103 Å². The van der Waals surface area contributed by atoms with Gasteiger partial charge in [0, 0.05) is 7.05 Å². The van der Waals surface area contributed by atoms with Crippen molar-refractivity contribution in [2.45, 2.75) is 52.7 Å². The second-order valence-electron chi connectivity index (χ2n) is 5.44. The van der Waals surface area contributed by atoms with Crippen LogP contribution in [0, 0.1) is 5.92 Å². The molecule has 0 radical (unpaired) electrons. The van der Waals surface area contributed by atoms with Crippen molar-refractivity contribution in [3.63, 3.8) is 0 Å². The zero-order valence-electron chi connectivity index (χ0n) is 11.6. The molecule has 0 bridgehead atoms. The Balaban J connectivity index is 4.43. The van der Waals surface area contributed by atoms with Crippen LogP contribution in [0.5, 0.6) is 0 Å². The number of rotatable bonds is 4. The summed E-state index contributed by atoms with van der Waals surface area (Å²) in [6, 6.07) is -0.546. The molecule has 5 nitrogen and oxygen atoms in total. The Hall–Kier alpha value is -1.26. The summed E-state index contributed by atoms with van der Waals surface area (Å²) >= 11 is 0. The molecule has 0 saturated carbocycles. The third-order valence-corrected chi connectivity index (χ3v) is 1.96. The summed E-state index contributed by atoms with van der Waals surface area (Å²) in [5.74, 6) is 0.108. The molecule has 2 amide bonds. The number of alkyl carbamates (subject to hydrolysis) is 1. The van der Waals surface area contributed by atoms with Gasteiger partial charge in [-0.15, -0.1) is 0 Å². The summed E-state index contributed by atoms with van der Waals surface area (Å²) in [4.78, 5) is 23.1. The third-order valence-electron chi connectivity index (χ3n) is 1.96. The number of carbonyl (C=O) groups is 2. The maximum absolute atomic E-state index is 11.6. The van der Waals surface area contributed by atoms with Gasteiger partial charge in [-0.05, 0) is 33.1 Å². The number of carbonyl (C=O) groups excluding carboxylic acids is 2. The standard InChI is InChI=1S/C12H24N2O3/c1-8(2)7-9(10(15)13-6)14-11(16)17-12(3,4)5/h8-9H,7H2,1-6H3,(H,13,15)(H,14,16)/t9-/m0/s1. The molecule has 0 aromatic heterocycles. The molecular weight excluding hydrogens is 220 g/mol. The molecule has 2 N–H and O–H groups in total. The molecule has 0 spiro atoms. The molecular formula is C12H24N2O3. The normalized spacial score (nSPS) is 13.1. The summed E-state index contributed by atoms with van der Waals surface area (Å²) in [6.45, 7) is 9.33. The van der Waals surface area contributed by atoms with E-state index in [9.17, 15) is 9.59 Å². The van der Waals surface area contributed by atoms with E-state index in [0.29, 0.717) is 12.3 Å². The number of nitrogens with one attached hydrogen (secondary N) is 2. The fourth-order valence-corrected chi connectivity index (χ4v) is 1.33. The molecule has 17 heavy (non-hydrogen) atoms. The van der Waals surface area contributed by atoms with Crippen LogP contribution in [0.1, 0.15) is 41.0 Å². The van der Waals surface area contributed by atoms with E-state index in [2.05, 4.69) is 10.6 Å². The van der Waals surface area contributed by atoms with Crippen LogP contribution in [-0.2, 0) is 9.53 Å². The minimum atomic E-state index is -0.563. The van der Waals surface area contributed by atoms with E-state index >= 15 is 0 Å². The molecule has 0 aliphatic rings. The summed E-state index contributed by atoms with van der Waals surface area (Å²) in [5.41, 5.74) is -0.560. The monoisotopic (exact) mass is 244 g/mol. The first-order valence-corrected chi connectivity index (χ1v) is 5.87. The number of hydrogen-bond donors (Lipinski definition) is 2. The molecule has 1 atom stereocenters. The van der Waals surface area contributed by atoms with Crippen molar-refractivity contribution in [1.82, 2.24) is 10.6 Å². The average molecular weight is 244 g/mol. The maximum atomic E-state index is 11.6. The molecule has 5 heteroatoms. The van der Waals surface area contributed by atoms with Crippen LogP contribution in [0.2, 0.25) is 0 Å². The fourth-order valence-electron chi connectivity index (χ4n) is 1.33. The van der Waals surface area contributed by atoms with E-state index in [1.54, 1.807) is 27.8 Å². The Morgan fingerprint density at radius 1 is 1.24 bits per heavy atom. The quantitative estimate of drug-likeness (QED) is 0.790. The summed E-state index contributed by atoms with van der Waals surface area (Å²) in [7, 11) is 1.55. The van der Waals surface area contributed by atoms with Gasteiger partial charge in [-0.25, -0.2) is 4.79 Å². The molecule has 0 aliphatic carbocycles. The SMILES string of the molecule is CNC(=O)[C@H](CC(C)C)NC(=O)OC(C)(C)C. The van der Waals surface area contributed by atoms with Crippen molar-refractivity contribution in [1.29, 1.82) is 0 Å². The summed E-state index contributed by atoms with van der Waals surface area (Å²) in [6.07, 6.45) is 0.0191. The van der Waals surface area contributed by atoms with Gasteiger partial charge in [-0.1, -0.05) is 13.8 Å². The smallest absolute Gasteiger partial charge is 0.408 e. The highest BCUT2D eigenvalue weighted by Gasteiger charge is 2.24. The number of ether oxygens (including phenoxy) is 1. The first kappa shape index (κ1) is 15.7. The number of amides is 2. The van der Waals surface area contributed by atoms with Gasteiger partial charge >= 0.3 is 6.09 Å². The molecule has 0 saturated heterocycles. The summed E-state index contributed by atoms with van der Waals surface area (Å²) in [5, 5.41) is 5.11. The molecule has 0 heterocycles. The van der Waals surface area contributed by atoms with E-state index in [1.165, 1.54) is 0 Å². The lowest BCUT2D eigenvalue weighted by atomic mass is 10.0. The maximum Gasteiger partial charge on any atom is 0.408 e. The molecule has 0 aliphatic heterocycles. The van der Waals surface area contributed by atoms with Gasteiger partial charge in [-0.2, -0.15) is 0 Å². The first-order valence-electron chi connectivity index (χ1n) is 5.87. The van der Waals surface area contributed by atoms with Crippen LogP contribution in [0.3, 0.4) is 0 Å². The predicted molar refractivity (Wildman–Crippen MR) is 66.7 cm³/mol. The first-order chi connectivity index (χ1) is 7.65. The van der Waals surface area contributed by atoms with Crippen LogP contribution in [-0.4, -0.2) is 30.7 Å². The van der Waals surface area contributed by atoms with Crippen molar-refractivity contribution in [2.24, 2.45) is 5.92 Å². The van der Waals surface area contributed by atoms with E-state index in [0.717, 1.165) is 0 Å². The highest BCUT2D eigenvalue weighted by Crippen LogP contribution is 2.09. The van der Waals surface area contributed by atoms with Crippen LogP contribution < -0.4 is 10.6 Å². The van der Waals surface area contributed by atoms with Crippen LogP contribution in [0.25, 0.3) is 0 Å². The Bertz CT molecular complexity index is 269.